The Hall–Kier alpha value is -2.29. The Balaban J connectivity index is 1.58. The number of carbonyl (C=O) groups is 1. The second-order valence-corrected chi connectivity index (χ2v) is 8.81. The first-order valence-electron chi connectivity index (χ1n) is 8.98. The highest BCUT2D eigenvalue weighted by Gasteiger charge is 2.13. The normalized spacial score (nSPS) is 10.6. The number of aryl methyl sites for hydroxylation is 2. The van der Waals surface area contributed by atoms with Gasteiger partial charge in [-0.2, -0.15) is 0 Å². The van der Waals surface area contributed by atoms with Crippen molar-refractivity contribution in [2.24, 2.45) is 0 Å². The average molecular weight is 449 g/mol. The van der Waals surface area contributed by atoms with Crippen LogP contribution in [0.25, 0.3) is 0 Å². The maximum Gasteiger partial charge on any atom is 0.234 e. The van der Waals surface area contributed by atoms with Gasteiger partial charge in [0, 0.05) is 0 Å². The summed E-state index contributed by atoms with van der Waals surface area (Å²) in [6.45, 7) is 6.40. The maximum absolute atomic E-state index is 12.3. The molecular formula is C20H21ClN4O2S2. The van der Waals surface area contributed by atoms with E-state index < -0.39 is 0 Å². The molecular weight excluding hydrogens is 428 g/mol. The Morgan fingerprint density at radius 2 is 2.03 bits per heavy atom. The number of thioether (sulfide) groups is 1. The van der Waals surface area contributed by atoms with Crippen LogP contribution in [0.1, 0.15) is 18.1 Å². The molecule has 29 heavy (non-hydrogen) atoms. The minimum Gasteiger partial charge on any atom is -0.492 e. The number of anilines is 3. The van der Waals surface area contributed by atoms with Gasteiger partial charge in [0.25, 0.3) is 0 Å². The molecule has 6 nitrogen and oxygen atoms in total. The lowest BCUT2D eigenvalue weighted by Gasteiger charge is -2.11. The summed E-state index contributed by atoms with van der Waals surface area (Å²) in [7, 11) is 0. The van der Waals surface area contributed by atoms with E-state index in [0.29, 0.717) is 26.8 Å². The molecule has 0 aliphatic carbocycles. The number of para-hydroxylation sites is 2. The van der Waals surface area contributed by atoms with E-state index in [1.807, 2.05) is 57.2 Å². The van der Waals surface area contributed by atoms with Crippen LogP contribution in [0.15, 0.2) is 40.7 Å². The first kappa shape index (κ1) is 21.4. The highest BCUT2D eigenvalue weighted by atomic mass is 35.5. The SMILES string of the molecule is CCOc1ccccc1Nc1nnc(SCC(=O)Nc2c(C)cc(C)cc2Cl)s1. The first-order valence-corrected chi connectivity index (χ1v) is 11.2. The molecule has 0 aliphatic rings. The van der Waals surface area contributed by atoms with Gasteiger partial charge in [-0.25, -0.2) is 0 Å². The molecule has 1 amide bonds. The van der Waals surface area contributed by atoms with Crippen LogP contribution in [0, 0.1) is 13.8 Å². The number of carbonyl (C=O) groups excluding carboxylic acids is 1. The summed E-state index contributed by atoms with van der Waals surface area (Å²) in [5.74, 6) is 0.827. The van der Waals surface area contributed by atoms with Crippen molar-refractivity contribution in [3.05, 3.63) is 52.5 Å². The third-order valence-corrected chi connectivity index (χ3v) is 6.13. The van der Waals surface area contributed by atoms with Crippen molar-refractivity contribution in [3.8, 4) is 5.75 Å². The lowest BCUT2D eigenvalue weighted by Crippen LogP contribution is -2.15. The number of nitrogens with one attached hydrogen (secondary N) is 2. The molecule has 2 aromatic carbocycles. The van der Waals surface area contributed by atoms with E-state index in [1.165, 1.54) is 23.1 Å². The maximum atomic E-state index is 12.3. The fourth-order valence-corrected chi connectivity index (χ4v) is 4.59. The van der Waals surface area contributed by atoms with E-state index in [9.17, 15) is 4.79 Å². The smallest absolute Gasteiger partial charge is 0.234 e. The van der Waals surface area contributed by atoms with Gasteiger partial charge >= 0.3 is 0 Å². The number of benzene rings is 2. The Morgan fingerprint density at radius 1 is 1.24 bits per heavy atom. The molecule has 0 unspecified atom stereocenters. The molecule has 0 atom stereocenters. The van der Waals surface area contributed by atoms with E-state index >= 15 is 0 Å². The van der Waals surface area contributed by atoms with Crippen molar-refractivity contribution in [3.63, 3.8) is 0 Å². The van der Waals surface area contributed by atoms with Gasteiger partial charge in [0.05, 0.1) is 28.8 Å². The van der Waals surface area contributed by atoms with Crippen molar-refractivity contribution in [2.75, 3.05) is 23.0 Å². The van der Waals surface area contributed by atoms with Gasteiger partial charge in [-0.05, 0) is 50.1 Å². The molecule has 0 bridgehead atoms. The molecule has 1 aromatic heterocycles. The van der Waals surface area contributed by atoms with Crippen LogP contribution in [-0.4, -0.2) is 28.5 Å². The number of halogens is 1. The molecule has 1 heterocycles. The summed E-state index contributed by atoms with van der Waals surface area (Å²) in [4.78, 5) is 12.3. The number of aromatic nitrogens is 2. The number of hydrogen-bond acceptors (Lipinski definition) is 7. The Labute approximate surface area is 183 Å². The minimum atomic E-state index is -0.143. The van der Waals surface area contributed by atoms with E-state index in [4.69, 9.17) is 16.3 Å². The van der Waals surface area contributed by atoms with Gasteiger partial charge in [0.15, 0.2) is 4.34 Å². The van der Waals surface area contributed by atoms with Crippen LogP contribution in [-0.2, 0) is 4.79 Å². The zero-order valence-electron chi connectivity index (χ0n) is 16.3. The van der Waals surface area contributed by atoms with Crippen molar-refractivity contribution in [1.29, 1.82) is 0 Å². The summed E-state index contributed by atoms with van der Waals surface area (Å²) in [5, 5.41) is 15.5. The monoisotopic (exact) mass is 448 g/mol. The minimum absolute atomic E-state index is 0.143. The second kappa shape index (κ2) is 9.96. The van der Waals surface area contributed by atoms with Crippen molar-refractivity contribution in [1.82, 2.24) is 10.2 Å². The highest BCUT2D eigenvalue weighted by molar-refractivity contribution is 8.01. The third-order valence-electron chi connectivity index (χ3n) is 3.86. The zero-order valence-corrected chi connectivity index (χ0v) is 18.7. The molecule has 0 radical (unpaired) electrons. The van der Waals surface area contributed by atoms with Gasteiger partial charge in [-0.15, -0.1) is 10.2 Å². The van der Waals surface area contributed by atoms with Crippen molar-refractivity contribution in [2.45, 2.75) is 25.1 Å². The van der Waals surface area contributed by atoms with Crippen LogP contribution in [0.4, 0.5) is 16.5 Å². The summed E-state index contributed by atoms with van der Waals surface area (Å²) in [6, 6.07) is 11.5. The molecule has 0 aliphatic heterocycles. The van der Waals surface area contributed by atoms with Gasteiger partial charge in [0.1, 0.15) is 5.75 Å². The quantitative estimate of drug-likeness (QED) is 0.431. The molecule has 3 aromatic rings. The number of rotatable bonds is 8. The average Bonchev–Trinajstić information content (AvgIpc) is 3.12. The van der Waals surface area contributed by atoms with Crippen LogP contribution < -0.4 is 15.4 Å². The predicted octanol–water partition coefficient (Wildman–Crippen LogP) is 5.68. The summed E-state index contributed by atoms with van der Waals surface area (Å²) >= 11 is 8.96. The molecule has 2 N–H and O–H groups in total. The molecule has 0 saturated heterocycles. The highest BCUT2D eigenvalue weighted by Crippen LogP contribution is 2.32. The number of hydrogen-bond donors (Lipinski definition) is 2. The standard InChI is InChI=1S/C20H21ClN4O2S2/c1-4-27-16-8-6-5-7-15(16)22-19-24-25-20(29-19)28-11-17(26)23-18-13(3)9-12(2)10-14(18)21/h5-10H,4,11H2,1-3H3,(H,22,24)(H,23,26). The topological polar surface area (TPSA) is 76.1 Å². The molecule has 0 fully saturated rings. The first-order chi connectivity index (χ1) is 14.0. The fourth-order valence-electron chi connectivity index (χ4n) is 2.66. The summed E-state index contributed by atoms with van der Waals surface area (Å²) in [5.41, 5.74) is 3.46. The molecule has 0 spiro atoms. The van der Waals surface area contributed by atoms with E-state index in [2.05, 4.69) is 20.8 Å². The third kappa shape index (κ3) is 5.85. The lowest BCUT2D eigenvalue weighted by atomic mass is 10.1. The van der Waals surface area contributed by atoms with E-state index in [1.54, 1.807) is 0 Å². The predicted molar refractivity (Wildman–Crippen MR) is 121 cm³/mol. The summed E-state index contributed by atoms with van der Waals surface area (Å²) < 4.78 is 6.30. The van der Waals surface area contributed by atoms with E-state index in [0.717, 1.165) is 22.6 Å². The zero-order chi connectivity index (χ0) is 20.8. The van der Waals surface area contributed by atoms with Crippen LogP contribution in [0.3, 0.4) is 0 Å². The Bertz CT molecular complexity index is 987. The van der Waals surface area contributed by atoms with Crippen LogP contribution in [0.5, 0.6) is 5.75 Å². The van der Waals surface area contributed by atoms with Gasteiger partial charge in [0.2, 0.25) is 11.0 Å². The molecule has 152 valence electrons. The Kier molecular flexibility index (Phi) is 7.35. The number of ether oxygens (including phenoxy) is 1. The summed E-state index contributed by atoms with van der Waals surface area (Å²) in [6.07, 6.45) is 0. The van der Waals surface area contributed by atoms with Crippen molar-refractivity contribution >= 4 is 57.1 Å². The molecule has 0 saturated carbocycles. The van der Waals surface area contributed by atoms with Gasteiger partial charge in [-0.3, -0.25) is 4.79 Å². The second-order valence-electron chi connectivity index (χ2n) is 6.20. The number of nitrogens with zero attached hydrogens (tertiary/aromatic N) is 2. The lowest BCUT2D eigenvalue weighted by molar-refractivity contribution is -0.113. The molecule has 9 heteroatoms. The van der Waals surface area contributed by atoms with E-state index in [-0.39, 0.29) is 11.7 Å². The van der Waals surface area contributed by atoms with Gasteiger partial charge in [-0.1, -0.05) is 52.9 Å². The largest absolute Gasteiger partial charge is 0.492 e. The van der Waals surface area contributed by atoms with Crippen LogP contribution >= 0.6 is 34.7 Å². The Morgan fingerprint density at radius 3 is 2.79 bits per heavy atom. The number of amides is 1. The van der Waals surface area contributed by atoms with Crippen LogP contribution in [0.2, 0.25) is 5.02 Å². The molecule has 3 rings (SSSR count). The van der Waals surface area contributed by atoms with Crippen molar-refractivity contribution < 1.29 is 9.53 Å². The van der Waals surface area contributed by atoms with Gasteiger partial charge < -0.3 is 15.4 Å². The fraction of sp³-hybridized carbons (Fsp3) is 0.250.